The highest BCUT2D eigenvalue weighted by atomic mass is 32.1. The van der Waals surface area contributed by atoms with Gasteiger partial charge in [0, 0.05) is 12.7 Å². The molecule has 0 aliphatic heterocycles. The molecule has 4 heteroatoms. The number of hydrogen-bond donors (Lipinski definition) is 1. The summed E-state index contributed by atoms with van der Waals surface area (Å²) in [4.78, 5) is 7.68. The Morgan fingerprint density at radius 1 is 1.37 bits per heavy atom. The van der Waals surface area contributed by atoms with Crippen LogP contribution in [0.1, 0.15) is 46.5 Å². The van der Waals surface area contributed by atoms with Crippen molar-refractivity contribution in [2.45, 2.75) is 53.0 Å². The molecule has 19 heavy (non-hydrogen) atoms. The molecule has 1 N–H and O–H groups in total. The summed E-state index contributed by atoms with van der Waals surface area (Å²) in [5.41, 5.74) is 2.24. The molecule has 0 fully saturated rings. The largest absolute Gasteiger partial charge is 0.329 e. The SMILES string of the molecule is CCCCCC(C)(C)Cn1c(=S)[nH]c2cccnc21. The summed E-state index contributed by atoms with van der Waals surface area (Å²) < 4.78 is 2.91. The molecule has 0 saturated heterocycles. The molecule has 0 saturated carbocycles. The summed E-state index contributed by atoms with van der Waals surface area (Å²) in [5.74, 6) is 0. The highest BCUT2D eigenvalue weighted by Gasteiger charge is 2.20. The fourth-order valence-electron chi connectivity index (χ4n) is 2.50. The van der Waals surface area contributed by atoms with Crippen molar-refractivity contribution < 1.29 is 0 Å². The van der Waals surface area contributed by atoms with Gasteiger partial charge in [0.25, 0.3) is 0 Å². The van der Waals surface area contributed by atoms with Crippen LogP contribution in [0.15, 0.2) is 18.3 Å². The smallest absolute Gasteiger partial charge is 0.179 e. The van der Waals surface area contributed by atoms with E-state index < -0.39 is 0 Å². The minimum Gasteiger partial charge on any atom is -0.329 e. The first-order valence-corrected chi connectivity index (χ1v) is 7.48. The van der Waals surface area contributed by atoms with E-state index in [-0.39, 0.29) is 5.41 Å². The van der Waals surface area contributed by atoms with Gasteiger partial charge in [-0.2, -0.15) is 0 Å². The van der Waals surface area contributed by atoms with Crippen molar-refractivity contribution in [3.63, 3.8) is 0 Å². The summed E-state index contributed by atoms with van der Waals surface area (Å²) in [5, 5.41) is 0. The molecule has 2 rings (SSSR count). The van der Waals surface area contributed by atoms with Gasteiger partial charge >= 0.3 is 0 Å². The first kappa shape index (κ1) is 14.3. The van der Waals surface area contributed by atoms with Crippen molar-refractivity contribution in [2.24, 2.45) is 5.41 Å². The number of nitrogens with zero attached hydrogens (tertiary/aromatic N) is 2. The second-order valence-electron chi connectivity index (χ2n) is 6.01. The molecule has 0 aromatic carbocycles. The van der Waals surface area contributed by atoms with E-state index in [1.807, 2.05) is 18.3 Å². The summed E-state index contributed by atoms with van der Waals surface area (Å²) >= 11 is 5.42. The van der Waals surface area contributed by atoms with Crippen LogP contribution < -0.4 is 0 Å². The minimum atomic E-state index is 0.250. The Morgan fingerprint density at radius 3 is 2.89 bits per heavy atom. The number of aromatic amines is 1. The Hall–Kier alpha value is -1.16. The fourth-order valence-corrected chi connectivity index (χ4v) is 2.76. The zero-order chi connectivity index (χ0) is 13.9. The molecule has 0 amide bonds. The van der Waals surface area contributed by atoms with Gasteiger partial charge in [0.05, 0.1) is 5.52 Å². The zero-order valence-electron chi connectivity index (χ0n) is 12.1. The standard InChI is InChI=1S/C15H23N3S/c1-4-5-6-9-15(2,3)11-18-13-12(17-14(18)19)8-7-10-16-13/h7-8,10H,4-6,9,11H2,1-3H3,(H,17,19). The maximum atomic E-state index is 5.42. The fraction of sp³-hybridized carbons (Fsp3) is 0.600. The summed E-state index contributed by atoms with van der Waals surface area (Å²) in [6.07, 6.45) is 6.91. The van der Waals surface area contributed by atoms with Crippen LogP contribution in [0.5, 0.6) is 0 Å². The predicted octanol–water partition coefficient (Wildman–Crippen LogP) is 4.70. The van der Waals surface area contributed by atoms with Gasteiger partial charge in [-0.15, -0.1) is 0 Å². The molecule has 2 heterocycles. The summed E-state index contributed by atoms with van der Waals surface area (Å²) in [6.45, 7) is 7.79. The number of unbranched alkanes of at least 4 members (excludes halogenated alkanes) is 2. The average molecular weight is 277 g/mol. The van der Waals surface area contributed by atoms with Crippen molar-refractivity contribution in [3.05, 3.63) is 23.1 Å². The number of rotatable bonds is 6. The Kier molecular flexibility index (Phi) is 4.40. The lowest BCUT2D eigenvalue weighted by Crippen LogP contribution is -2.20. The molecule has 104 valence electrons. The van der Waals surface area contributed by atoms with E-state index in [9.17, 15) is 0 Å². The lowest BCUT2D eigenvalue weighted by atomic mass is 9.87. The van der Waals surface area contributed by atoms with Crippen molar-refractivity contribution >= 4 is 23.4 Å². The van der Waals surface area contributed by atoms with Gasteiger partial charge in [-0.25, -0.2) is 4.98 Å². The topological polar surface area (TPSA) is 33.6 Å². The van der Waals surface area contributed by atoms with Crippen LogP contribution in [0.2, 0.25) is 0 Å². The highest BCUT2D eigenvalue weighted by Crippen LogP contribution is 2.27. The van der Waals surface area contributed by atoms with Gasteiger partial charge < -0.3 is 9.55 Å². The lowest BCUT2D eigenvalue weighted by molar-refractivity contribution is 0.273. The molecule has 0 aliphatic carbocycles. The Bertz CT molecular complexity index is 595. The lowest BCUT2D eigenvalue weighted by Gasteiger charge is -2.25. The van der Waals surface area contributed by atoms with Crippen molar-refractivity contribution in [1.82, 2.24) is 14.5 Å². The van der Waals surface area contributed by atoms with Gasteiger partial charge in [-0.3, -0.25) is 0 Å². The molecule has 0 aliphatic rings. The van der Waals surface area contributed by atoms with E-state index in [2.05, 4.69) is 35.3 Å². The number of fused-ring (bicyclic) bond motifs is 1. The monoisotopic (exact) mass is 277 g/mol. The molecule has 3 nitrogen and oxygen atoms in total. The maximum Gasteiger partial charge on any atom is 0.179 e. The van der Waals surface area contributed by atoms with Gasteiger partial charge in [0.15, 0.2) is 10.4 Å². The van der Waals surface area contributed by atoms with Crippen LogP contribution in [0.25, 0.3) is 11.2 Å². The van der Waals surface area contributed by atoms with E-state index in [4.69, 9.17) is 12.2 Å². The summed E-state index contributed by atoms with van der Waals surface area (Å²) in [6, 6.07) is 3.96. The van der Waals surface area contributed by atoms with Crippen molar-refractivity contribution in [1.29, 1.82) is 0 Å². The van der Waals surface area contributed by atoms with Crippen LogP contribution in [0, 0.1) is 10.2 Å². The van der Waals surface area contributed by atoms with E-state index >= 15 is 0 Å². The third-order valence-electron chi connectivity index (χ3n) is 3.57. The van der Waals surface area contributed by atoms with Gasteiger partial charge in [-0.1, -0.05) is 40.0 Å². The first-order chi connectivity index (χ1) is 9.03. The molecule has 0 unspecified atom stereocenters. The Morgan fingerprint density at radius 2 is 2.16 bits per heavy atom. The third-order valence-corrected chi connectivity index (χ3v) is 3.89. The van der Waals surface area contributed by atoms with E-state index in [0.717, 1.165) is 22.5 Å². The molecular weight excluding hydrogens is 254 g/mol. The van der Waals surface area contributed by atoms with Crippen LogP contribution in [-0.2, 0) is 6.54 Å². The van der Waals surface area contributed by atoms with Crippen LogP contribution in [0.4, 0.5) is 0 Å². The Balaban J connectivity index is 2.20. The number of hydrogen-bond acceptors (Lipinski definition) is 2. The van der Waals surface area contributed by atoms with Gasteiger partial charge in [0.2, 0.25) is 0 Å². The van der Waals surface area contributed by atoms with Crippen molar-refractivity contribution in [3.8, 4) is 0 Å². The van der Waals surface area contributed by atoms with Crippen LogP contribution in [0.3, 0.4) is 0 Å². The molecule has 0 spiro atoms. The molecule has 0 radical (unpaired) electrons. The molecule has 0 atom stereocenters. The van der Waals surface area contributed by atoms with Gasteiger partial charge in [0.1, 0.15) is 0 Å². The maximum absolute atomic E-state index is 5.42. The molecule has 2 aromatic rings. The molecule has 2 aromatic heterocycles. The third kappa shape index (κ3) is 3.44. The number of nitrogens with one attached hydrogen (secondary N) is 1. The first-order valence-electron chi connectivity index (χ1n) is 7.07. The number of pyridine rings is 1. The highest BCUT2D eigenvalue weighted by molar-refractivity contribution is 7.71. The van der Waals surface area contributed by atoms with E-state index in [0.29, 0.717) is 0 Å². The number of aromatic nitrogens is 3. The zero-order valence-corrected chi connectivity index (χ0v) is 12.9. The summed E-state index contributed by atoms with van der Waals surface area (Å²) in [7, 11) is 0. The second-order valence-corrected chi connectivity index (χ2v) is 6.40. The second kappa shape index (κ2) is 5.87. The van der Waals surface area contributed by atoms with Crippen LogP contribution >= 0.6 is 12.2 Å². The average Bonchev–Trinajstić information content (AvgIpc) is 2.66. The molecule has 0 bridgehead atoms. The van der Waals surface area contributed by atoms with Gasteiger partial charge in [-0.05, 0) is 36.2 Å². The van der Waals surface area contributed by atoms with Crippen LogP contribution in [-0.4, -0.2) is 14.5 Å². The molecular formula is C15H23N3S. The minimum absolute atomic E-state index is 0.250. The van der Waals surface area contributed by atoms with Crippen molar-refractivity contribution in [2.75, 3.05) is 0 Å². The predicted molar refractivity (Wildman–Crippen MR) is 82.8 cm³/mol. The van der Waals surface area contributed by atoms with E-state index in [1.54, 1.807) is 0 Å². The number of H-pyrrole nitrogens is 1. The quantitative estimate of drug-likeness (QED) is 0.613. The normalized spacial score (nSPS) is 12.2. The number of imidazole rings is 1. The Labute approximate surface area is 120 Å². The van der Waals surface area contributed by atoms with E-state index in [1.165, 1.54) is 25.7 Å².